The van der Waals surface area contributed by atoms with Gasteiger partial charge in [-0.15, -0.1) is 0 Å². The lowest BCUT2D eigenvalue weighted by molar-refractivity contribution is -0.118. The van der Waals surface area contributed by atoms with Crippen LogP contribution in [0.4, 0.5) is 20.3 Å². The van der Waals surface area contributed by atoms with E-state index < -0.39 is 13.0 Å². The average molecular weight is 413 g/mol. The molecule has 0 saturated heterocycles. The van der Waals surface area contributed by atoms with Gasteiger partial charge in [-0.1, -0.05) is 13.8 Å². The number of likely N-dealkylation sites (N-methyl/N-ethyl adjacent to an activating group) is 1. The first-order valence-corrected chi connectivity index (χ1v) is 8.97. The first kappa shape index (κ1) is 22.1. The third-order valence-corrected chi connectivity index (χ3v) is 4.67. The van der Waals surface area contributed by atoms with Crippen LogP contribution in [0.3, 0.4) is 0 Å². The SMILES string of the molecule is Cc1nc(CCc2cnn(CC(F)F)c2)nc2c1NC(=O)[C@H](C(C)C)N2C.S. The van der Waals surface area contributed by atoms with Crippen molar-refractivity contribution in [3.63, 3.8) is 0 Å². The molecule has 0 aromatic carbocycles. The lowest BCUT2D eigenvalue weighted by Gasteiger charge is -2.36. The fourth-order valence-electron chi connectivity index (χ4n) is 3.42. The maximum atomic E-state index is 12.4. The van der Waals surface area contributed by atoms with Crippen LogP contribution in [-0.4, -0.2) is 45.2 Å². The number of aromatic nitrogens is 4. The van der Waals surface area contributed by atoms with Gasteiger partial charge in [0.1, 0.15) is 24.1 Å². The van der Waals surface area contributed by atoms with Crippen molar-refractivity contribution in [2.45, 2.75) is 52.6 Å². The second-order valence-corrected chi connectivity index (χ2v) is 7.17. The van der Waals surface area contributed by atoms with Gasteiger partial charge in [0.2, 0.25) is 5.91 Å². The van der Waals surface area contributed by atoms with Crippen LogP contribution in [0, 0.1) is 12.8 Å². The van der Waals surface area contributed by atoms with Gasteiger partial charge in [0.25, 0.3) is 6.43 Å². The molecule has 2 aromatic heterocycles. The Kier molecular flexibility index (Phi) is 6.97. The van der Waals surface area contributed by atoms with Crippen LogP contribution in [0.2, 0.25) is 0 Å². The average Bonchev–Trinajstić information content (AvgIpc) is 3.00. The van der Waals surface area contributed by atoms with Crippen LogP contribution < -0.4 is 10.2 Å². The third kappa shape index (κ3) is 4.60. The number of anilines is 2. The van der Waals surface area contributed by atoms with E-state index >= 15 is 0 Å². The Morgan fingerprint density at radius 2 is 1.96 bits per heavy atom. The first-order chi connectivity index (χ1) is 12.8. The van der Waals surface area contributed by atoms with Crippen molar-refractivity contribution in [3.8, 4) is 0 Å². The molecule has 28 heavy (non-hydrogen) atoms. The number of nitrogens with one attached hydrogen (secondary N) is 1. The summed E-state index contributed by atoms with van der Waals surface area (Å²) >= 11 is 0. The van der Waals surface area contributed by atoms with Crippen LogP contribution in [-0.2, 0) is 24.2 Å². The number of carbonyl (C=O) groups excluding carboxylic acids is 1. The van der Waals surface area contributed by atoms with Crippen molar-refractivity contribution in [3.05, 3.63) is 29.5 Å². The second-order valence-electron chi connectivity index (χ2n) is 7.17. The Bertz CT molecular complexity index is 841. The van der Waals surface area contributed by atoms with Gasteiger partial charge >= 0.3 is 0 Å². The molecule has 10 heteroatoms. The molecule has 0 fully saturated rings. The van der Waals surface area contributed by atoms with E-state index in [4.69, 9.17) is 0 Å². The normalized spacial score (nSPS) is 16.2. The zero-order valence-electron chi connectivity index (χ0n) is 16.4. The summed E-state index contributed by atoms with van der Waals surface area (Å²) in [6.07, 6.45) is 1.95. The van der Waals surface area contributed by atoms with Crippen LogP contribution >= 0.6 is 13.5 Å². The smallest absolute Gasteiger partial charge is 0.257 e. The topological polar surface area (TPSA) is 75.9 Å². The molecule has 0 bridgehead atoms. The van der Waals surface area contributed by atoms with E-state index in [0.717, 1.165) is 5.56 Å². The molecule has 1 N–H and O–H groups in total. The van der Waals surface area contributed by atoms with E-state index in [1.54, 1.807) is 12.4 Å². The van der Waals surface area contributed by atoms with Gasteiger partial charge in [0, 0.05) is 19.7 Å². The maximum Gasteiger partial charge on any atom is 0.257 e. The molecular formula is C18H26F2N6OS. The predicted molar refractivity (Wildman–Crippen MR) is 108 cm³/mol. The highest BCUT2D eigenvalue weighted by Crippen LogP contribution is 2.33. The van der Waals surface area contributed by atoms with Crippen molar-refractivity contribution in [2.24, 2.45) is 5.92 Å². The molecule has 3 rings (SSSR count). The summed E-state index contributed by atoms with van der Waals surface area (Å²) < 4.78 is 26.1. The summed E-state index contributed by atoms with van der Waals surface area (Å²) in [7, 11) is 1.87. The maximum absolute atomic E-state index is 12.4. The summed E-state index contributed by atoms with van der Waals surface area (Å²) in [5.41, 5.74) is 2.22. The number of alkyl halides is 2. The van der Waals surface area contributed by atoms with Crippen LogP contribution in [0.25, 0.3) is 0 Å². The quantitative estimate of drug-likeness (QED) is 0.789. The number of fused-ring (bicyclic) bond motifs is 1. The number of aryl methyl sites for hydroxylation is 3. The summed E-state index contributed by atoms with van der Waals surface area (Å²) in [4.78, 5) is 23.4. The van der Waals surface area contributed by atoms with E-state index in [9.17, 15) is 13.6 Å². The fraction of sp³-hybridized carbons (Fsp3) is 0.556. The van der Waals surface area contributed by atoms with Gasteiger partial charge in [-0.05, 0) is 24.8 Å². The number of halogens is 2. The highest BCUT2D eigenvalue weighted by atomic mass is 32.1. The molecule has 0 aliphatic carbocycles. The molecule has 1 aliphatic rings. The minimum atomic E-state index is -2.43. The third-order valence-electron chi connectivity index (χ3n) is 4.67. The van der Waals surface area contributed by atoms with Crippen molar-refractivity contribution in [1.82, 2.24) is 19.7 Å². The zero-order chi connectivity index (χ0) is 19.7. The Hall–Kier alpha value is -2.23. The van der Waals surface area contributed by atoms with Gasteiger partial charge in [-0.25, -0.2) is 18.7 Å². The minimum Gasteiger partial charge on any atom is -0.346 e. The molecule has 7 nitrogen and oxygen atoms in total. The summed E-state index contributed by atoms with van der Waals surface area (Å²) in [6, 6.07) is -0.285. The molecule has 0 saturated carbocycles. The zero-order valence-corrected chi connectivity index (χ0v) is 17.4. The Morgan fingerprint density at radius 3 is 2.61 bits per heavy atom. The lowest BCUT2D eigenvalue weighted by Crippen LogP contribution is -2.49. The number of carbonyl (C=O) groups is 1. The summed E-state index contributed by atoms with van der Waals surface area (Å²) in [5, 5.41) is 6.87. The molecule has 3 heterocycles. The van der Waals surface area contributed by atoms with E-state index in [1.165, 1.54) is 4.68 Å². The lowest BCUT2D eigenvalue weighted by atomic mass is 9.99. The van der Waals surface area contributed by atoms with E-state index in [2.05, 4.69) is 20.4 Å². The number of amides is 1. The second kappa shape index (κ2) is 8.85. The molecule has 1 aliphatic heterocycles. The molecule has 0 spiro atoms. The minimum absolute atomic E-state index is 0. The highest BCUT2D eigenvalue weighted by molar-refractivity contribution is 7.59. The Morgan fingerprint density at radius 1 is 1.25 bits per heavy atom. The van der Waals surface area contributed by atoms with Crippen molar-refractivity contribution in [1.29, 1.82) is 0 Å². The number of nitrogens with zero attached hydrogens (tertiary/aromatic N) is 5. The molecule has 154 valence electrons. The van der Waals surface area contributed by atoms with E-state index in [-0.39, 0.29) is 31.4 Å². The van der Waals surface area contributed by atoms with Crippen LogP contribution in [0.5, 0.6) is 0 Å². The molecule has 1 amide bonds. The largest absolute Gasteiger partial charge is 0.346 e. The van der Waals surface area contributed by atoms with E-state index in [0.29, 0.717) is 35.9 Å². The van der Waals surface area contributed by atoms with Gasteiger partial charge in [-0.2, -0.15) is 18.6 Å². The van der Waals surface area contributed by atoms with Crippen LogP contribution in [0.15, 0.2) is 12.4 Å². The highest BCUT2D eigenvalue weighted by Gasteiger charge is 2.35. The van der Waals surface area contributed by atoms with Crippen molar-refractivity contribution in [2.75, 3.05) is 17.3 Å². The Labute approximate surface area is 170 Å². The van der Waals surface area contributed by atoms with Crippen molar-refractivity contribution < 1.29 is 13.6 Å². The van der Waals surface area contributed by atoms with Gasteiger partial charge in [0.05, 0.1) is 11.9 Å². The van der Waals surface area contributed by atoms with Crippen LogP contribution in [0.1, 0.15) is 30.9 Å². The molecule has 0 radical (unpaired) electrons. The molecule has 0 unspecified atom stereocenters. The summed E-state index contributed by atoms with van der Waals surface area (Å²) in [6.45, 7) is 5.43. The number of rotatable bonds is 6. The fourth-order valence-corrected chi connectivity index (χ4v) is 3.42. The Balaban J connectivity index is 0.00000280. The molecule has 1 atom stereocenters. The van der Waals surface area contributed by atoms with Gasteiger partial charge < -0.3 is 10.2 Å². The first-order valence-electron chi connectivity index (χ1n) is 8.97. The number of hydrogen-bond acceptors (Lipinski definition) is 5. The standard InChI is InChI=1S/C18H24F2N6O.H2S/c1-10(2)16-18(27)24-15-11(3)22-14(23-17(15)25(16)4)6-5-12-7-21-26(8-12)9-13(19)20;/h7-8,10,13,16H,5-6,9H2,1-4H3,(H,24,27);1H2/t16-;/m0./s1. The molecular weight excluding hydrogens is 386 g/mol. The summed E-state index contributed by atoms with van der Waals surface area (Å²) in [5.74, 6) is 1.45. The van der Waals surface area contributed by atoms with Gasteiger partial charge in [0.15, 0.2) is 5.82 Å². The molecule has 2 aromatic rings. The van der Waals surface area contributed by atoms with Gasteiger partial charge in [-0.3, -0.25) is 9.48 Å². The predicted octanol–water partition coefficient (Wildman–Crippen LogP) is 2.56. The monoisotopic (exact) mass is 412 g/mol. The number of hydrogen-bond donors (Lipinski definition) is 1. The van der Waals surface area contributed by atoms with Crippen molar-refractivity contribution >= 4 is 30.9 Å². The van der Waals surface area contributed by atoms with E-state index in [1.807, 2.05) is 32.7 Å².